The lowest BCUT2D eigenvalue weighted by Gasteiger charge is -2.26. The van der Waals surface area contributed by atoms with Crippen molar-refractivity contribution in [3.05, 3.63) is 12.2 Å². The molecule has 6 nitrogen and oxygen atoms in total. The second-order valence-electron chi connectivity index (χ2n) is 6.13. The molecule has 6 atom stereocenters. The number of hydrogen-bond acceptors (Lipinski definition) is 6. The molecule has 6 heteroatoms. The van der Waals surface area contributed by atoms with Gasteiger partial charge in [-0.25, -0.2) is 9.59 Å². The van der Waals surface area contributed by atoms with Crippen molar-refractivity contribution in [1.82, 2.24) is 0 Å². The first-order valence-corrected chi connectivity index (χ1v) is 7.16. The Hall–Kier alpha value is -1.85. The molecule has 3 rings (SSSR count). The van der Waals surface area contributed by atoms with Crippen molar-refractivity contribution in [3.63, 3.8) is 0 Å². The molecule has 1 aliphatic heterocycles. The van der Waals surface area contributed by atoms with Crippen LogP contribution in [0.2, 0.25) is 0 Å². The Morgan fingerprint density at radius 3 is 2.76 bits per heavy atom. The van der Waals surface area contributed by atoms with Crippen LogP contribution in [-0.4, -0.2) is 36.2 Å². The van der Waals surface area contributed by atoms with Crippen LogP contribution in [0.25, 0.3) is 0 Å². The van der Waals surface area contributed by atoms with Gasteiger partial charge >= 0.3 is 17.9 Å². The summed E-state index contributed by atoms with van der Waals surface area (Å²) < 4.78 is 15.7. The minimum absolute atomic E-state index is 0.0198. The van der Waals surface area contributed by atoms with E-state index in [1.807, 2.05) is 0 Å². The fraction of sp³-hybridized carbons (Fsp3) is 0.667. The summed E-state index contributed by atoms with van der Waals surface area (Å²) in [4.78, 5) is 35.1. The predicted octanol–water partition coefficient (Wildman–Crippen LogP) is 0.987. The zero-order valence-corrected chi connectivity index (χ0v) is 12.0. The van der Waals surface area contributed by atoms with Crippen molar-refractivity contribution in [2.75, 3.05) is 0 Å². The standard InChI is InChI=1S/C15H18O6/c1-6(2)13(16)19-7(3)14(17)20-11-8-4-9-10(5-8)15(18)21-12(9)11/h7-12H,1,4-5H2,2-3H3. The molecule has 3 fully saturated rings. The normalized spacial score (nSPS) is 37.0. The first kappa shape index (κ1) is 14.1. The number of rotatable bonds is 4. The summed E-state index contributed by atoms with van der Waals surface area (Å²) in [6, 6.07) is 0. The highest BCUT2D eigenvalue weighted by molar-refractivity contribution is 5.89. The maximum absolute atomic E-state index is 12.0. The molecule has 0 spiro atoms. The average molecular weight is 294 g/mol. The number of carbonyl (C=O) groups excluding carboxylic acids is 3. The van der Waals surface area contributed by atoms with Gasteiger partial charge in [-0.2, -0.15) is 0 Å². The van der Waals surface area contributed by atoms with Crippen LogP contribution in [0.4, 0.5) is 0 Å². The van der Waals surface area contributed by atoms with Crippen LogP contribution < -0.4 is 0 Å². The molecule has 2 bridgehead atoms. The van der Waals surface area contributed by atoms with E-state index in [9.17, 15) is 14.4 Å². The highest BCUT2D eigenvalue weighted by atomic mass is 16.6. The van der Waals surface area contributed by atoms with Crippen LogP contribution in [0.1, 0.15) is 26.7 Å². The summed E-state index contributed by atoms with van der Waals surface area (Å²) in [5.74, 6) is -1.08. The molecule has 0 N–H and O–H groups in total. The zero-order valence-electron chi connectivity index (χ0n) is 12.0. The van der Waals surface area contributed by atoms with E-state index in [1.54, 1.807) is 0 Å². The Morgan fingerprint density at radius 1 is 1.38 bits per heavy atom. The molecule has 0 radical (unpaired) electrons. The largest absolute Gasteiger partial charge is 0.458 e. The summed E-state index contributed by atoms with van der Waals surface area (Å²) in [5, 5.41) is 0. The first-order valence-electron chi connectivity index (χ1n) is 7.16. The highest BCUT2D eigenvalue weighted by Gasteiger charge is 2.63. The van der Waals surface area contributed by atoms with E-state index in [2.05, 4.69) is 6.58 Å². The number of ether oxygens (including phenoxy) is 3. The van der Waals surface area contributed by atoms with Gasteiger partial charge in [-0.1, -0.05) is 6.58 Å². The fourth-order valence-electron chi connectivity index (χ4n) is 3.60. The van der Waals surface area contributed by atoms with Gasteiger partial charge in [0.2, 0.25) is 0 Å². The predicted molar refractivity (Wildman–Crippen MR) is 69.8 cm³/mol. The lowest BCUT2D eigenvalue weighted by atomic mass is 9.88. The average Bonchev–Trinajstić information content (AvgIpc) is 3.02. The van der Waals surface area contributed by atoms with Crippen LogP contribution in [0.3, 0.4) is 0 Å². The van der Waals surface area contributed by atoms with E-state index in [0.717, 1.165) is 12.8 Å². The molecule has 6 unspecified atom stereocenters. The summed E-state index contributed by atoms with van der Waals surface area (Å²) in [7, 11) is 0. The van der Waals surface area contributed by atoms with Gasteiger partial charge in [-0.05, 0) is 26.7 Å². The Morgan fingerprint density at radius 2 is 2.10 bits per heavy atom. The van der Waals surface area contributed by atoms with Crippen molar-refractivity contribution < 1.29 is 28.6 Å². The first-order chi connectivity index (χ1) is 9.88. The Kier molecular flexibility index (Phi) is 3.26. The number of carbonyl (C=O) groups is 3. The van der Waals surface area contributed by atoms with Crippen molar-refractivity contribution in [3.8, 4) is 0 Å². The van der Waals surface area contributed by atoms with Gasteiger partial charge in [0.05, 0.1) is 5.92 Å². The highest BCUT2D eigenvalue weighted by Crippen LogP contribution is 2.55. The van der Waals surface area contributed by atoms with Crippen LogP contribution in [0.15, 0.2) is 12.2 Å². The third kappa shape index (κ3) is 2.22. The smallest absolute Gasteiger partial charge is 0.347 e. The Bertz CT molecular complexity index is 524. The van der Waals surface area contributed by atoms with Crippen LogP contribution >= 0.6 is 0 Å². The second kappa shape index (κ2) is 4.86. The summed E-state index contributed by atoms with van der Waals surface area (Å²) in [6.45, 7) is 6.42. The molecule has 1 heterocycles. The third-order valence-corrected chi connectivity index (χ3v) is 4.63. The van der Waals surface area contributed by atoms with Gasteiger partial charge in [0.25, 0.3) is 0 Å². The minimum Gasteiger partial charge on any atom is -0.458 e. The van der Waals surface area contributed by atoms with Gasteiger partial charge in [0.15, 0.2) is 6.10 Å². The molecule has 2 saturated carbocycles. The van der Waals surface area contributed by atoms with Crippen LogP contribution in [0, 0.1) is 17.8 Å². The zero-order chi connectivity index (χ0) is 15.3. The van der Waals surface area contributed by atoms with E-state index in [-0.39, 0.29) is 35.4 Å². The van der Waals surface area contributed by atoms with Crippen molar-refractivity contribution in [1.29, 1.82) is 0 Å². The summed E-state index contributed by atoms with van der Waals surface area (Å²) in [6.07, 6.45) is -0.150. The van der Waals surface area contributed by atoms with Crippen LogP contribution in [0.5, 0.6) is 0 Å². The number of esters is 3. The van der Waals surface area contributed by atoms with Gasteiger partial charge in [-0.15, -0.1) is 0 Å². The topological polar surface area (TPSA) is 78.9 Å². The van der Waals surface area contributed by atoms with Crippen molar-refractivity contribution >= 4 is 17.9 Å². The maximum atomic E-state index is 12.0. The molecule has 0 aromatic rings. The Labute approximate surface area is 122 Å². The van der Waals surface area contributed by atoms with E-state index >= 15 is 0 Å². The molecule has 0 aromatic carbocycles. The SMILES string of the molecule is C=C(C)C(=O)OC(C)C(=O)OC1C2CC3C(=O)OC1C3C2. The molecule has 0 amide bonds. The fourth-order valence-corrected chi connectivity index (χ4v) is 3.60. The molecule has 0 aromatic heterocycles. The number of hydrogen-bond donors (Lipinski definition) is 0. The molecule has 3 aliphatic rings. The lowest BCUT2D eigenvalue weighted by molar-refractivity contribution is -0.175. The second-order valence-corrected chi connectivity index (χ2v) is 6.13. The van der Waals surface area contributed by atoms with E-state index in [1.165, 1.54) is 13.8 Å². The van der Waals surface area contributed by atoms with E-state index < -0.39 is 24.1 Å². The minimum atomic E-state index is -0.999. The quantitative estimate of drug-likeness (QED) is 0.437. The summed E-state index contributed by atoms with van der Waals surface area (Å²) >= 11 is 0. The molecular weight excluding hydrogens is 276 g/mol. The summed E-state index contributed by atoms with van der Waals surface area (Å²) in [5.41, 5.74) is 0.224. The van der Waals surface area contributed by atoms with E-state index in [0.29, 0.717) is 0 Å². The van der Waals surface area contributed by atoms with Crippen molar-refractivity contribution in [2.24, 2.45) is 17.8 Å². The number of fused-ring (bicyclic) bond motifs is 1. The van der Waals surface area contributed by atoms with Crippen LogP contribution in [-0.2, 0) is 28.6 Å². The molecule has 2 aliphatic carbocycles. The Balaban J connectivity index is 1.60. The van der Waals surface area contributed by atoms with Gasteiger partial charge < -0.3 is 14.2 Å². The van der Waals surface area contributed by atoms with Crippen molar-refractivity contribution in [2.45, 2.75) is 45.0 Å². The molecule has 114 valence electrons. The van der Waals surface area contributed by atoms with Gasteiger partial charge in [0, 0.05) is 17.4 Å². The molecular formula is C15H18O6. The van der Waals surface area contributed by atoms with Gasteiger partial charge in [-0.3, -0.25) is 4.79 Å². The lowest BCUT2D eigenvalue weighted by Crippen LogP contribution is -2.39. The molecule has 21 heavy (non-hydrogen) atoms. The third-order valence-electron chi connectivity index (χ3n) is 4.63. The van der Waals surface area contributed by atoms with E-state index in [4.69, 9.17) is 14.2 Å². The molecule has 1 saturated heterocycles. The maximum Gasteiger partial charge on any atom is 0.347 e. The van der Waals surface area contributed by atoms with Gasteiger partial charge in [0.1, 0.15) is 12.2 Å². The monoisotopic (exact) mass is 294 g/mol.